The van der Waals surface area contributed by atoms with Gasteiger partial charge in [0.2, 0.25) is 0 Å². The molecule has 1 rings (SSSR count). The van der Waals surface area contributed by atoms with Crippen molar-refractivity contribution in [1.29, 1.82) is 0 Å². The minimum Gasteiger partial charge on any atom is -0.504 e. The second-order valence-electron chi connectivity index (χ2n) is 4.05. The van der Waals surface area contributed by atoms with Crippen LogP contribution in [-0.2, 0) is 11.2 Å². The maximum absolute atomic E-state index is 10.6. The number of aliphatic carboxylic acids is 1. The third-order valence-electron chi connectivity index (χ3n) is 2.70. The molecule has 3 N–H and O–H groups in total. The number of hydrogen-bond donors (Lipinski definition) is 3. The molecule has 0 fully saturated rings. The molecule has 0 saturated carbocycles. The lowest BCUT2D eigenvalue weighted by atomic mass is 9.98. The van der Waals surface area contributed by atoms with E-state index in [1.165, 1.54) is 12.1 Å². The number of carbonyl (C=O) groups is 1. The van der Waals surface area contributed by atoms with E-state index in [0.29, 0.717) is 12.8 Å². The first-order chi connectivity index (χ1) is 7.41. The van der Waals surface area contributed by atoms with Crippen molar-refractivity contribution in [1.82, 2.24) is 0 Å². The van der Waals surface area contributed by atoms with E-state index >= 15 is 0 Å². The van der Waals surface area contributed by atoms with Crippen LogP contribution in [0, 0.1) is 12.8 Å². The smallest absolute Gasteiger partial charge is 0.306 e. The predicted molar refractivity (Wildman–Crippen MR) is 59.6 cm³/mol. The zero-order valence-corrected chi connectivity index (χ0v) is 9.40. The minimum atomic E-state index is -0.819. The summed E-state index contributed by atoms with van der Waals surface area (Å²) < 4.78 is 0. The third-order valence-corrected chi connectivity index (χ3v) is 2.70. The molecule has 0 bridgehead atoms. The van der Waals surface area contributed by atoms with Crippen LogP contribution in [0.25, 0.3) is 0 Å². The average molecular weight is 224 g/mol. The molecule has 1 unspecified atom stereocenters. The highest BCUT2D eigenvalue weighted by Crippen LogP contribution is 2.29. The summed E-state index contributed by atoms with van der Waals surface area (Å²) in [5, 5.41) is 27.3. The van der Waals surface area contributed by atoms with Gasteiger partial charge in [-0.25, -0.2) is 0 Å². The normalized spacial score (nSPS) is 12.4. The summed E-state index contributed by atoms with van der Waals surface area (Å²) in [6, 6.07) is 2.97. The summed E-state index contributed by atoms with van der Waals surface area (Å²) in [6.07, 6.45) is 1.09. The lowest BCUT2D eigenvalue weighted by molar-refractivity contribution is -0.141. The van der Waals surface area contributed by atoms with Crippen LogP contribution in [0.3, 0.4) is 0 Å². The van der Waals surface area contributed by atoms with Crippen LogP contribution in [0.2, 0.25) is 0 Å². The van der Waals surface area contributed by atoms with Gasteiger partial charge in [-0.3, -0.25) is 4.79 Å². The first-order valence-corrected chi connectivity index (χ1v) is 5.16. The lowest BCUT2D eigenvalue weighted by Crippen LogP contribution is -2.10. The SMILES string of the molecule is Cc1cc(O)c(O)cc1CCC(C)C(=O)O. The monoisotopic (exact) mass is 224 g/mol. The molecule has 0 aromatic heterocycles. The number of phenolic OH excluding ortho intramolecular Hbond substituents is 2. The molecule has 0 aliphatic carbocycles. The summed E-state index contributed by atoms with van der Waals surface area (Å²) in [5.74, 6) is -1.54. The number of carboxylic acids is 1. The molecular weight excluding hydrogens is 208 g/mol. The molecule has 0 radical (unpaired) electrons. The van der Waals surface area contributed by atoms with Crippen molar-refractivity contribution in [3.63, 3.8) is 0 Å². The second-order valence-corrected chi connectivity index (χ2v) is 4.05. The van der Waals surface area contributed by atoms with Crippen molar-refractivity contribution in [2.24, 2.45) is 5.92 Å². The first kappa shape index (κ1) is 12.4. The van der Waals surface area contributed by atoms with Crippen LogP contribution < -0.4 is 0 Å². The Kier molecular flexibility index (Phi) is 3.77. The van der Waals surface area contributed by atoms with Crippen molar-refractivity contribution in [3.05, 3.63) is 23.3 Å². The van der Waals surface area contributed by atoms with E-state index in [1.807, 2.05) is 6.92 Å². The standard InChI is InChI=1S/C12H16O4/c1-7(12(15)16)3-4-9-6-11(14)10(13)5-8(9)2/h5-7,13-14H,3-4H2,1-2H3,(H,15,16). The van der Waals surface area contributed by atoms with Gasteiger partial charge < -0.3 is 15.3 Å². The maximum Gasteiger partial charge on any atom is 0.306 e. The highest BCUT2D eigenvalue weighted by molar-refractivity contribution is 5.69. The minimum absolute atomic E-state index is 0.146. The molecule has 1 aromatic rings. The number of carboxylic acid groups (broad SMARTS) is 1. The number of aromatic hydroxyl groups is 2. The van der Waals surface area contributed by atoms with Gasteiger partial charge in [-0.2, -0.15) is 0 Å². The highest BCUT2D eigenvalue weighted by atomic mass is 16.4. The van der Waals surface area contributed by atoms with Gasteiger partial charge in [-0.15, -0.1) is 0 Å². The summed E-state index contributed by atoms with van der Waals surface area (Å²) in [4.78, 5) is 10.6. The van der Waals surface area contributed by atoms with E-state index in [9.17, 15) is 15.0 Å². The summed E-state index contributed by atoms with van der Waals surface area (Å²) in [7, 11) is 0. The lowest BCUT2D eigenvalue weighted by Gasteiger charge is -2.10. The van der Waals surface area contributed by atoms with Crippen LogP contribution >= 0.6 is 0 Å². The Morgan fingerprint density at radius 3 is 2.44 bits per heavy atom. The van der Waals surface area contributed by atoms with Crippen molar-refractivity contribution in [2.75, 3.05) is 0 Å². The van der Waals surface area contributed by atoms with Crippen molar-refractivity contribution < 1.29 is 20.1 Å². The number of aryl methyl sites for hydroxylation is 2. The molecule has 1 atom stereocenters. The van der Waals surface area contributed by atoms with Gasteiger partial charge in [-0.1, -0.05) is 6.92 Å². The largest absolute Gasteiger partial charge is 0.504 e. The molecule has 0 aliphatic rings. The van der Waals surface area contributed by atoms with E-state index in [2.05, 4.69) is 0 Å². The predicted octanol–water partition coefficient (Wildman–Crippen LogP) is 2.06. The molecule has 0 saturated heterocycles. The van der Waals surface area contributed by atoms with Crippen LogP contribution in [0.5, 0.6) is 11.5 Å². The van der Waals surface area contributed by atoms with E-state index in [4.69, 9.17) is 5.11 Å². The van der Waals surface area contributed by atoms with E-state index in [1.54, 1.807) is 6.92 Å². The Morgan fingerprint density at radius 2 is 1.88 bits per heavy atom. The molecule has 0 amide bonds. The van der Waals surface area contributed by atoms with Crippen molar-refractivity contribution >= 4 is 5.97 Å². The third kappa shape index (κ3) is 2.89. The van der Waals surface area contributed by atoms with Crippen LogP contribution in [0.4, 0.5) is 0 Å². The molecule has 0 aliphatic heterocycles. The molecule has 0 spiro atoms. The molecular formula is C12H16O4. The van der Waals surface area contributed by atoms with Gasteiger partial charge in [-0.05, 0) is 43.0 Å². The van der Waals surface area contributed by atoms with Crippen molar-refractivity contribution in [3.8, 4) is 11.5 Å². The van der Waals surface area contributed by atoms with Gasteiger partial charge in [0.1, 0.15) is 0 Å². The van der Waals surface area contributed by atoms with Gasteiger partial charge >= 0.3 is 5.97 Å². The van der Waals surface area contributed by atoms with Gasteiger partial charge in [0, 0.05) is 0 Å². The van der Waals surface area contributed by atoms with E-state index in [-0.39, 0.29) is 11.5 Å². The Balaban J connectivity index is 2.74. The van der Waals surface area contributed by atoms with Crippen LogP contribution in [0.15, 0.2) is 12.1 Å². The van der Waals surface area contributed by atoms with Crippen LogP contribution in [-0.4, -0.2) is 21.3 Å². The van der Waals surface area contributed by atoms with Gasteiger partial charge in [0.05, 0.1) is 5.92 Å². The quantitative estimate of drug-likeness (QED) is 0.684. The second kappa shape index (κ2) is 4.88. The Morgan fingerprint density at radius 1 is 1.31 bits per heavy atom. The summed E-state index contributed by atoms with van der Waals surface area (Å²) >= 11 is 0. The fraction of sp³-hybridized carbons (Fsp3) is 0.417. The Hall–Kier alpha value is -1.71. The van der Waals surface area contributed by atoms with Gasteiger partial charge in [0.25, 0.3) is 0 Å². The average Bonchev–Trinajstić information content (AvgIpc) is 2.20. The number of hydrogen-bond acceptors (Lipinski definition) is 3. The number of phenols is 2. The maximum atomic E-state index is 10.6. The molecule has 4 heteroatoms. The van der Waals surface area contributed by atoms with Crippen molar-refractivity contribution in [2.45, 2.75) is 26.7 Å². The first-order valence-electron chi connectivity index (χ1n) is 5.16. The highest BCUT2D eigenvalue weighted by Gasteiger charge is 2.12. The molecule has 1 aromatic carbocycles. The summed E-state index contributed by atoms with van der Waals surface area (Å²) in [6.45, 7) is 3.47. The zero-order valence-electron chi connectivity index (χ0n) is 9.40. The molecule has 88 valence electrons. The van der Waals surface area contributed by atoms with Crippen LogP contribution in [0.1, 0.15) is 24.5 Å². The Bertz CT molecular complexity index is 398. The molecule has 4 nitrogen and oxygen atoms in total. The topological polar surface area (TPSA) is 77.8 Å². The fourth-order valence-electron chi connectivity index (χ4n) is 1.49. The molecule has 0 heterocycles. The van der Waals surface area contributed by atoms with E-state index < -0.39 is 11.9 Å². The summed E-state index contributed by atoms with van der Waals surface area (Å²) in [5.41, 5.74) is 1.72. The molecule has 16 heavy (non-hydrogen) atoms. The van der Waals surface area contributed by atoms with Gasteiger partial charge in [0.15, 0.2) is 11.5 Å². The number of rotatable bonds is 4. The zero-order chi connectivity index (χ0) is 12.3. The fourth-order valence-corrected chi connectivity index (χ4v) is 1.49. The number of benzene rings is 1. The Labute approximate surface area is 94.2 Å². The van der Waals surface area contributed by atoms with E-state index in [0.717, 1.165) is 11.1 Å².